The molecule has 98 valence electrons. The van der Waals surface area contributed by atoms with Gasteiger partial charge in [-0.1, -0.05) is 20.3 Å². The topological polar surface area (TPSA) is 66.0 Å². The number of hydrogen-bond acceptors (Lipinski definition) is 5. The van der Waals surface area contributed by atoms with Crippen LogP contribution < -0.4 is 11.2 Å². The molecule has 2 unspecified atom stereocenters. The highest BCUT2D eigenvalue weighted by Gasteiger charge is 2.48. The summed E-state index contributed by atoms with van der Waals surface area (Å²) in [4.78, 5) is 6.11. The first-order chi connectivity index (χ1) is 8.51. The summed E-state index contributed by atoms with van der Waals surface area (Å²) in [6.45, 7) is 4.65. The van der Waals surface area contributed by atoms with Crippen LogP contribution in [0.4, 0.5) is 0 Å². The molecule has 0 aromatic carbocycles. The predicted octanol–water partition coefficient (Wildman–Crippen LogP) is 1.59. The quantitative estimate of drug-likeness (QED) is 0.739. The van der Waals surface area contributed by atoms with Crippen LogP contribution in [0.5, 0.6) is 0 Å². The lowest BCUT2D eigenvalue weighted by Gasteiger charge is -2.46. The number of aliphatic imine (C=N–C) groups is 1. The summed E-state index contributed by atoms with van der Waals surface area (Å²) in [5.74, 6) is 0.623. The second-order valence-electron chi connectivity index (χ2n) is 6.31. The van der Waals surface area contributed by atoms with Crippen LogP contribution in [0.25, 0.3) is 0 Å². The number of amidine groups is 1. The van der Waals surface area contributed by atoms with Crippen molar-refractivity contribution in [2.24, 2.45) is 27.2 Å². The van der Waals surface area contributed by atoms with Crippen molar-refractivity contribution in [3.8, 4) is 0 Å². The second-order valence-corrected chi connectivity index (χ2v) is 6.31. The van der Waals surface area contributed by atoms with Crippen LogP contribution in [0.15, 0.2) is 22.5 Å². The van der Waals surface area contributed by atoms with E-state index < -0.39 is 5.79 Å². The van der Waals surface area contributed by atoms with Gasteiger partial charge in [0.2, 0.25) is 0 Å². The van der Waals surface area contributed by atoms with E-state index in [2.05, 4.69) is 29.4 Å². The molecule has 1 saturated carbocycles. The van der Waals surface area contributed by atoms with Gasteiger partial charge in [0, 0.05) is 18.3 Å². The fourth-order valence-corrected chi connectivity index (χ4v) is 3.31. The molecule has 5 nitrogen and oxygen atoms in total. The van der Waals surface area contributed by atoms with E-state index >= 15 is 0 Å². The Morgan fingerprint density at radius 2 is 2.33 bits per heavy atom. The fourth-order valence-electron chi connectivity index (χ4n) is 3.31. The highest BCUT2D eigenvalue weighted by atomic mass is 15.6. The highest BCUT2D eigenvalue weighted by Crippen LogP contribution is 2.43. The molecule has 2 heterocycles. The lowest BCUT2D eigenvalue weighted by atomic mass is 9.70. The van der Waals surface area contributed by atoms with Crippen LogP contribution in [0, 0.1) is 11.3 Å². The number of nitrogens with zero attached hydrogens (tertiary/aromatic N) is 3. The minimum Gasteiger partial charge on any atom is -0.291 e. The monoisotopic (exact) mass is 247 g/mol. The normalized spacial score (nSPS) is 37.2. The molecule has 0 amide bonds. The number of rotatable bonds is 1. The van der Waals surface area contributed by atoms with Gasteiger partial charge >= 0.3 is 0 Å². The SMILES string of the molecule is CC1(C)CCCC(C2(N)NN=C3C=NC=CN32)C1. The second kappa shape index (κ2) is 3.82. The first kappa shape index (κ1) is 11.7. The van der Waals surface area contributed by atoms with E-state index in [1.165, 1.54) is 12.8 Å². The summed E-state index contributed by atoms with van der Waals surface area (Å²) in [7, 11) is 0. The molecule has 0 aromatic rings. The molecule has 3 rings (SSSR count). The molecule has 5 heteroatoms. The number of fused-ring (bicyclic) bond motifs is 1. The minimum atomic E-state index is -0.587. The predicted molar refractivity (Wildman–Crippen MR) is 72.7 cm³/mol. The fraction of sp³-hybridized carbons (Fsp3) is 0.692. The van der Waals surface area contributed by atoms with Gasteiger partial charge in [-0.05, 0) is 24.7 Å². The molecule has 18 heavy (non-hydrogen) atoms. The Balaban J connectivity index is 1.84. The first-order valence-electron chi connectivity index (χ1n) is 6.64. The minimum absolute atomic E-state index is 0.368. The Bertz CT molecular complexity index is 437. The van der Waals surface area contributed by atoms with Gasteiger partial charge in [0.15, 0.2) is 11.6 Å². The van der Waals surface area contributed by atoms with Crippen LogP contribution in [-0.2, 0) is 0 Å². The maximum absolute atomic E-state index is 6.60. The summed E-state index contributed by atoms with van der Waals surface area (Å²) >= 11 is 0. The third-order valence-electron chi connectivity index (χ3n) is 4.31. The average Bonchev–Trinajstić information content (AvgIpc) is 2.68. The number of hydrazone groups is 1. The Morgan fingerprint density at radius 1 is 1.50 bits per heavy atom. The molecule has 3 N–H and O–H groups in total. The zero-order valence-electron chi connectivity index (χ0n) is 11.1. The molecule has 0 aromatic heterocycles. The summed E-state index contributed by atoms with van der Waals surface area (Å²) < 4.78 is 0. The molecule has 0 bridgehead atoms. The van der Waals surface area contributed by atoms with E-state index in [0.29, 0.717) is 11.3 Å². The molecule has 1 aliphatic carbocycles. The molecular formula is C13H21N5. The van der Waals surface area contributed by atoms with E-state index in [4.69, 9.17) is 5.73 Å². The number of hydrogen-bond donors (Lipinski definition) is 2. The summed E-state index contributed by atoms with van der Waals surface area (Å²) in [5.41, 5.74) is 10.1. The van der Waals surface area contributed by atoms with Gasteiger partial charge in [-0.15, -0.1) is 0 Å². The average molecular weight is 247 g/mol. The van der Waals surface area contributed by atoms with Gasteiger partial charge in [-0.2, -0.15) is 5.10 Å². The van der Waals surface area contributed by atoms with Crippen molar-refractivity contribution >= 4 is 12.1 Å². The maximum atomic E-state index is 6.60. The van der Waals surface area contributed by atoms with Crippen molar-refractivity contribution in [2.75, 3.05) is 0 Å². The van der Waals surface area contributed by atoms with Crippen molar-refractivity contribution in [3.63, 3.8) is 0 Å². The van der Waals surface area contributed by atoms with Crippen LogP contribution in [0.1, 0.15) is 39.5 Å². The molecule has 3 aliphatic rings. The van der Waals surface area contributed by atoms with Crippen molar-refractivity contribution in [1.29, 1.82) is 0 Å². The van der Waals surface area contributed by atoms with Crippen LogP contribution >= 0.6 is 0 Å². The lowest BCUT2D eigenvalue weighted by molar-refractivity contribution is 0.0444. The van der Waals surface area contributed by atoms with E-state index in [-0.39, 0.29) is 0 Å². The van der Waals surface area contributed by atoms with E-state index in [9.17, 15) is 0 Å². The first-order valence-corrected chi connectivity index (χ1v) is 6.64. The van der Waals surface area contributed by atoms with Crippen LogP contribution in [0.2, 0.25) is 0 Å². The van der Waals surface area contributed by atoms with Crippen LogP contribution in [0.3, 0.4) is 0 Å². The van der Waals surface area contributed by atoms with E-state index in [0.717, 1.165) is 18.7 Å². The zero-order valence-corrected chi connectivity index (χ0v) is 11.1. The summed E-state index contributed by atoms with van der Waals surface area (Å²) in [6.07, 6.45) is 10.2. The van der Waals surface area contributed by atoms with E-state index in [1.807, 2.05) is 11.1 Å². The number of nitrogens with two attached hydrogens (primary N) is 1. The summed E-state index contributed by atoms with van der Waals surface area (Å²) in [5, 5.41) is 4.30. The van der Waals surface area contributed by atoms with Gasteiger partial charge < -0.3 is 0 Å². The Labute approximate surface area is 108 Å². The standard InChI is InChI=1S/C13H21N5/c1-12(2)5-3-4-10(8-12)13(14)17-16-11-9-15-6-7-18(11)13/h6-7,9-10,17H,3-5,8,14H2,1-2H3. The lowest BCUT2D eigenvalue weighted by Crippen LogP contribution is -2.65. The molecule has 2 aliphatic heterocycles. The van der Waals surface area contributed by atoms with Crippen LogP contribution in [-0.4, -0.2) is 22.7 Å². The molecule has 2 atom stereocenters. The third-order valence-corrected chi connectivity index (χ3v) is 4.31. The van der Waals surface area contributed by atoms with Crippen molar-refractivity contribution in [2.45, 2.75) is 45.3 Å². The number of nitrogens with one attached hydrogen (secondary N) is 1. The smallest absolute Gasteiger partial charge is 0.187 e. The van der Waals surface area contributed by atoms with Crippen molar-refractivity contribution < 1.29 is 0 Å². The molecule has 1 fully saturated rings. The van der Waals surface area contributed by atoms with Gasteiger partial charge in [-0.25, -0.2) is 0 Å². The highest BCUT2D eigenvalue weighted by molar-refractivity contribution is 6.30. The third kappa shape index (κ3) is 1.73. The largest absolute Gasteiger partial charge is 0.291 e. The Hall–Kier alpha value is -1.36. The van der Waals surface area contributed by atoms with Crippen molar-refractivity contribution in [3.05, 3.63) is 12.4 Å². The summed E-state index contributed by atoms with van der Waals surface area (Å²) in [6, 6.07) is 0. The van der Waals surface area contributed by atoms with E-state index in [1.54, 1.807) is 12.4 Å². The van der Waals surface area contributed by atoms with Crippen molar-refractivity contribution in [1.82, 2.24) is 10.3 Å². The molecule has 0 saturated heterocycles. The maximum Gasteiger partial charge on any atom is 0.187 e. The Kier molecular flexibility index (Phi) is 2.48. The van der Waals surface area contributed by atoms with Gasteiger partial charge in [0.1, 0.15) is 0 Å². The Morgan fingerprint density at radius 3 is 3.11 bits per heavy atom. The van der Waals surface area contributed by atoms with Gasteiger partial charge in [0.25, 0.3) is 0 Å². The molecule has 0 spiro atoms. The molecular weight excluding hydrogens is 226 g/mol. The van der Waals surface area contributed by atoms with Gasteiger partial charge in [-0.3, -0.25) is 21.1 Å². The zero-order chi connectivity index (χ0) is 12.8. The van der Waals surface area contributed by atoms with Gasteiger partial charge in [0.05, 0.1) is 6.21 Å². The molecule has 0 radical (unpaired) electrons.